The van der Waals surface area contributed by atoms with Crippen molar-refractivity contribution in [2.45, 2.75) is 58.4 Å². The third kappa shape index (κ3) is 3.95. The molecule has 1 fully saturated rings. The Morgan fingerprint density at radius 1 is 1.35 bits per heavy atom. The van der Waals surface area contributed by atoms with Crippen LogP contribution < -0.4 is 5.32 Å². The zero-order valence-corrected chi connectivity index (χ0v) is 13.0. The fraction of sp³-hybridized carbons (Fsp3) is 0.625. The standard InChI is InChI=1S/C16H23ClN2O/c1-3-13-9-12(10-15(17)18-13)16(20)19-14-8-6-4-5-7-11(14)2/h9-11,14H,3-8H2,1-2H3,(H,19,20). The highest BCUT2D eigenvalue weighted by molar-refractivity contribution is 6.29. The average Bonchev–Trinajstić information content (AvgIpc) is 2.63. The van der Waals surface area contributed by atoms with Gasteiger partial charge in [0.05, 0.1) is 0 Å². The number of rotatable bonds is 3. The van der Waals surface area contributed by atoms with E-state index in [1.807, 2.05) is 13.0 Å². The molecule has 4 heteroatoms. The van der Waals surface area contributed by atoms with Crippen molar-refractivity contribution in [3.8, 4) is 0 Å². The smallest absolute Gasteiger partial charge is 0.251 e. The van der Waals surface area contributed by atoms with Crippen molar-refractivity contribution < 1.29 is 4.79 Å². The highest BCUT2D eigenvalue weighted by Gasteiger charge is 2.22. The summed E-state index contributed by atoms with van der Waals surface area (Å²) in [5.74, 6) is 0.521. The van der Waals surface area contributed by atoms with E-state index in [4.69, 9.17) is 11.6 Å². The molecule has 0 bridgehead atoms. The SMILES string of the molecule is CCc1cc(C(=O)NC2CCCCCC2C)cc(Cl)n1. The Kier molecular flexibility index (Phi) is 5.41. The fourth-order valence-corrected chi connectivity index (χ4v) is 3.05. The molecule has 2 atom stereocenters. The molecule has 1 N–H and O–H groups in total. The Bertz CT molecular complexity index is 476. The minimum atomic E-state index is -0.0252. The summed E-state index contributed by atoms with van der Waals surface area (Å²) in [6, 6.07) is 3.77. The summed E-state index contributed by atoms with van der Waals surface area (Å²) in [7, 11) is 0. The van der Waals surface area contributed by atoms with Gasteiger partial charge in [-0.25, -0.2) is 4.98 Å². The quantitative estimate of drug-likeness (QED) is 0.676. The van der Waals surface area contributed by atoms with Crippen molar-refractivity contribution >= 4 is 17.5 Å². The molecule has 2 unspecified atom stereocenters. The van der Waals surface area contributed by atoms with E-state index in [1.165, 1.54) is 25.7 Å². The molecular weight excluding hydrogens is 272 g/mol. The minimum absolute atomic E-state index is 0.0252. The van der Waals surface area contributed by atoms with Gasteiger partial charge in [0.25, 0.3) is 5.91 Å². The lowest BCUT2D eigenvalue weighted by Crippen LogP contribution is -2.38. The zero-order valence-electron chi connectivity index (χ0n) is 12.3. The second-order valence-electron chi connectivity index (χ2n) is 5.72. The van der Waals surface area contributed by atoms with Crippen LogP contribution >= 0.6 is 11.6 Å². The first-order valence-electron chi connectivity index (χ1n) is 7.57. The molecule has 1 aromatic rings. The molecule has 0 saturated heterocycles. The molecule has 0 aromatic carbocycles. The highest BCUT2D eigenvalue weighted by atomic mass is 35.5. The Labute approximate surface area is 126 Å². The first-order valence-corrected chi connectivity index (χ1v) is 7.95. The summed E-state index contributed by atoms with van der Waals surface area (Å²) >= 11 is 5.98. The maximum absolute atomic E-state index is 12.4. The molecule has 1 amide bonds. The Hall–Kier alpha value is -1.09. The third-order valence-electron chi connectivity index (χ3n) is 4.15. The third-order valence-corrected chi connectivity index (χ3v) is 4.34. The first kappa shape index (κ1) is 15.3. The summed E-state index contributed by atoms with van der Waals surface area (Å²) in [6.45, 7) is 4.24. The fourth-order valence-electron chi connectivity index (χ4n) is 2.82. The average molecular weight is 295 g/mol. The van der Waals surface area contributed by atoms with E-state index in [0.717, 1.165) is 18.5 Å². The molecule has 1 aromatic heterocycles. The highest BCUT2D eigenvalue weighted by Crippen LogP contribution is 2.23. The molecule has 1 aliphatic carbocycles. The second kappa shape index (κ2) is 7.07. The summed E-state index contributed by atoms with van der Waals surface area (Å²) in [4.78, 5) is 16.6. The van der Waals surface area contributed by atoms with Crippen LogP contribution in [0.25, 0.3) is 0 Å². The van der Waals surface area contributed by atoms with Crippen LogP contribution in [0.3, 0.4) is 0 Å². The van der Waals surface area contributed by atoms with E-state index in [-0.39, 0.29) is 11.9 Å². The van der Waals surface area contributed by atoms with Gasteiger partial charge in [-0.15, -0.1) is 0 Å². The van der Waals surface area contributed by atoms with Crippen LogP contribution in [0.5, 0.6) is 0 Å². The van der Waals surface area contributed by atoms with Crippen molar-refractivity contribution in [3.05, 3.63) is 28.5 Å². The molecule has 1 aliphatic rings. The van der Waals surface area contributed by atoms with Crippen LogP contribution in [-0.4, -0.2) is 16.9 Å². The van der Waals surface area contributed by atoms with Gasteiger partial charge in [-0.2, -0.15) is 0 Å². The number of halogens is 1. The molecule has 20 heavy (non-hydrogen) atoms. The molecule has 110 valence electrons. The van der Waals surface area contributed by atoms with Gasteiger partial charge in [-0.3, -0.25) is 4.79 Å². The maximum Gasteiger partial charge on any atom is 0.251 e. The Morgan fingerprint density at radius 2 is 2.10 bits per heavy atom. The lowest BCUT2D eigenvalue weighted by molar-refractivity contribution is 0.0921. The van der Waals surface area contributed by atoms with Gasteiger partial charge in [0.1, 0.15) is 5.15 Å². The van der Waals surface area contributed by atoms with Crippen LogP contribution in [0.4, 0.5) is 0 Å². The summed E-state index contributed by atoms with van der Waals surface area (Å²) < 4.78 is 0. The van der Waals surface area contributed by atoms with Gasteiger partial charge in [-0.05, 0) is 37.3 Å². The predicted molar refractivity (Wildman–Crippen MR) is 82.1 cm³/mol. The maximum atomic E-state index is 12.4. The number of carbonyl (C=O) groups excluding carboxylic acids is 1. The minimum Gasteiger partial charge on any atom is -0.349 e. The van der Waals surface area contributed by atoms with Gasteiger partial charge < -0.3 is 5.32 Å². The molecular formula is C16H23ClN2O. The van der Waals surface area contributed by atoms with E-state index in [1.54, 1.807) is 6.07 Å². The largest absolute Gasteiger partial charge is 0.349 e. The molecule has 1 heterocycles. The number of carbonyl (C=O) groups is 1. The molecule has 2 rings (SSSR count). The van der Waals surface area contributed by atoms with E-state index >= 15 is 0 Å². The number of nitrogens with one attached hydrogen (secondary N) is 1. The molecule has 1 saturated carbocycles. The van der Waals surface area contributed by atoms with E-state index < -0.39 is 0 Å². The Balaban J connectivity index is 2.09. The van der Waals surface area contributed by atoms with Gasteiger partial charge in [0, 0.05) is 17.3 Å². The normalized spacial score (nSPS) is 23.1. The van der Waals surface area contributed by atoms with Crippen LogP contribution in [0.1, 0.15) is 62.0 Å². The second-order valence-corrected chi connectivity index (χ2v) is 6.11. The predicted octanol–water partition coefficient (Wildman–Crippen LogP) is 4.00. The zero-order chi connectivity index (χ0) is 14.5. The van der Waals surface area contributed by atoms with Crippen LogP contribution in [0, 0.1) is 5.92 Å². The van der Waals surface area contributed by atoms with Gasteiger partial charge in [0.2, 0.25) is 0 Å². The summed E-state index contributed by atoms with van der Waals surface area (Å²) in [6.07, 6.45) is 6.80. The van der Waals surface area contributed by atoms with Crippen molar-refractivity contribution in [3.63, 3.8) is 0 Å². The molecule has 0 radical (unpaired) electrons. The first-order chi connectivity index (χ1) is 9.60. The number of pyridine rings is 1. The van der Waals surface area contributed by atoms with E-state index in [9.17, 15) is 4.79 Å². The van der Waals surface area contributed by atoms with Crippen LogP contribution in [-0.2, 0) is 6.42 Å². The van der Waals surface area contributed by atoms with Crippen molar-refractivity contribution in [2.24, 2.45) is 5.92 Å². The van der Waals surface area contributed by atoms with E-state index in [2.05, 4.69) is 17.2 Å². The van der Waals surface area contributed by atoms with Gasteiger partial charge >= 0.3 is 0 Å². The summed E-state index contributed by atoms with van der Waals surface area (Å²) in [5.41, 5.74) is 1.48. The number of amides is 1. The lowest BCUT2D eigenvalue weighted by atomic mass is 9.96. The molecule has 0 aliphatic heterocycles. The number of aryl methyl sites for hydroxylation is 1. The summed E-state index contributed by atoms with van der Waals surface area (Å²) in [5, 5.41) is 3.57. The lowest BCUT2D eigenvalue weighted by Gasteiger charge is -2.23. The number of hydrogen-bond donors (Lipinski definition) is 1. The molecule has 3 nitrogen and oxygen atoms in total. The number of hydrogen-bond acceptors (Lipinski definition) is 2. The van der Waals surface area contributed by atoms with Crippen LogP contribution in [0.2, 0.25) is 5.15 Å². The Morgan fingerprint density at radius 3 is 2.85 bits per heavy atom. The monoisotopic (exact) mass is 294 g/mol. The topological polar surface area (TPSA) is 42.0 Å². The van der Waals surface area contributed by atoms with Crippen molar-refractivity contribution in [1.82, 2.24) is 10.3 Å². The van der Waals surface area contributed by atoms with Gasteiger partial charge in [0.15, 0.2) is 0 Å². The molecule has 0 spiro atoms. The van der Waals surface area contributed by atoms with Crippen LogP contribution in [0.15, 0.2) is 12.1 Å². The number of aromatic nitrogens is 1. The van der Waals surface area contributed by atoms with Crippen molar-refractivity contribution in [1.29, 1.82) is 0 Å². The van der Waals surface area contributed by atoms with E-state index in [0.29, 0.717) is 16.6 Å². The number of nitrogens with zero attached hydrogens (tertiary/aromatic N) is 1. The van der Waals surface area contributed by atoms with Gasteiger partial charge in [-0.1, -0.05) is 44.7 Å². The van der Waals surface area contributed by atoms with Crippen molar-refractivity contribution in [2.75, 3.05) is 0 Å².